The second kappa shape index (κ2) is 5.49. The number of nitrogen functional groups attached to an aromatic ring is 1. The molecule has 1 atom stereocenters. The van der Waals surface area contributed by atoms with E-state index in [0.29, 0.717) is 22.8 Å². The Balaban J connectivity index is 2.35. The molecule has 0 saturated carbocycles. The van der Waals surface area contributed by atoms with Crippen molar-refractivity contribution >= 4 is 33.3 Å². The second-order valence-electron chi connectivity index (χ2n) is 4.62. The molecule has 0 aliphatic carbocycles. The van der Waals surface area contributed by atoms with Crippen molar-refractivity contribution < 1.29 is 5.11 Å². The summed E-state index contributed by atoms with van der Waals surface area (Å²) >= 11 is 9.53. The summed E-state index contributed by atoms with van der Waals surface area (Å²) in [6.07, 6.45) is 1.98. The molecule has 0 saturated heterocycles. The van der Waals surface area contributed by atoms with Crippen molar-refractivity contribution in [3.8, 4) is 0 Å². The lowest BCUT2D eigenvalue weighted by Gasteiger charge is -2.25. The predicted molar refractivity (Wildman–Crippen MR) is 81.1 cm³/mol. The Labute approximate surface area is 125 Å². The molecule has 1 heterocycles. The predicted octanol–water partition coefficient (Wildman–Crippen LogP) is 3.53. The largest absolute Gasteiger partial charge is 0.385 e. The Morgan fingerprint density at radius 1 is 1.42 bits per heavy atom. The van der Waals surface area contributed by atoms with E-state index in [1.807, 2.05) is 12.1 Å². The number of nitrogens with two attached hydrogens (primary N) is 1. The maximum atomic E-state index is 10.7. The number of anilines is 1. The third-order valence-corrected chi connectivity index (χ3v) is 3.78. The summed E-state index contributed by atoms with van der Waals surface area (Å²) in [7, 11) is 0. The van der Waals surface area contributed by atoms with Crippen molar-refractivity contribution in [2.75, 3.05) is 5.73 Å². The van der Waals surface area contributed by atoms with Gasteiger partial charge in [0.05, 0.1) is 5.60 Å². The average molecular weight is 342 g/mol. The first-order chi connectivity index (χ1) is 8.90. The van der Waals surface area contributed by atoms with Gasteiger partial charge in [0.2, 0.25) is 0 Å². The Morgan fingerprint density at radius 2 is 2.16 bits per heavy atom. The van der Waals surface area contributed by atoms with E-state index in [2.05, 4.69) is 20.9 Å². The van der Waals surface area contributed by atoms with Gasteiger partial charge in [-0.25, -0.2) is 4.98 Å². The van der Waals surface area contributed by atoms with E-state index in [1.54, 1.807) is 31.3 Å². The summed E-state index contributed by atoms with van der Waals surface area (Å²) < 4.78 is 0.873. The van der Waals surface area contributed by atoms with Crippen molar-refractivity contribution in [2.45, 2.75) is 18.9 Å². The van der Waals surface area contributed by atoms with Crippen molar-refractivity contribution in [2.24, 2.45) is 0 Å². The van der Waals surface area contributed by atoms with Crippen molar-refractivity contribution in [3.63, 3.8) is 0 Å². The fourth-order valence-electron chi connectivity index (χ4n) is 1.99. The number of halogens is 2. The number of hydrogen-bond acceptors (Lipinski definition) is 3. The van der Waals surface area contributed by atoms with Crippen LogP contribution < -0.4 is 5.73 Å². The highest BCUT2D eigenvalue weighted by Crippen LogP contribution is 2.33. The zero-order valence-electron chi connectivity index (χ0n) is 10.4. The van der Waals surface area contributed by atoms with E-state index < -0.39 is 5.60 Å². The molecule has 0 bridgehead atoms. The zero-order chi connectivity index (χ0) is 14.0. The van der Waals surface area contributed by atoms with E-state index in [1.165, 1.54) is 0 Å². The standard InChI is InChI=1S/C14H14BrClN2O/c1-14(19,8-9-3-2-6-18-13(9)17)11-5-4-10(15)7-12(11)16/h2-7,19H,8H2,1H3,(H2,17,18). The minimum atomic E-state index is -1.10. The molecule has 0 amide bonds. The fourth-order valence-corrected chi connectivity index (χ4v) is 2.87. The number of benzene rings is 1. The van der Waals surface area contributed by atoms with E-state index in [4.69, 9.17) is 17.3 Å². The second-order valence-corrected chi connectivity index (χ2v) is 5.95. The Kier molecular flexibility index (Phi) is 4.13. The topological polar surface area (TPSA) is 59.1 Å². The molecule has 2 rings (SSSR count). The molecule has 100 valence electrons. The van der Waals surface area contributed by atoms with Crippen LogP contribution in [0.5, 0.6) is 0 Å². The van der Waals surface area contributed by atoms with E-state index in [9.17, 15) is 5.11 Å². The number of aromatic nitrogens is 1. The smallest absolute Gasteiger partial charge is 0.126 e. The summed E-state index contributed by atoms with van der Waals surface area (Å²) in [5.74, 6) is 0.427. The molecule has 5 heteroatoms. The van der Waals surface area contributed by atoms with Gasteiger partial charge in [0.25, 0.3) is 0 Å². The molecule has 1 unspecified atom stereocenters. The highest BCUT2D eigenvalue weighted by atomic mass is 79.9. The van der Waals surface area contributed by atoms with E-state index in [0.717, 1.165) is 10.0 Å². The van der Waals surface area contributed by atoms with Crippen molar-refractivity contribution in [3.05, 3.63) is 57.2 Å². The summed E-state index contributed by atoms with van der Waals surface area (Å²) in [5.41, 5.74) is 6.17. The van der Waals surface area contributed by atoms with Crippen LogP contribution in [0.25, 0.3) is 0 Å². The summed E-state index contributed by atoms with van der Waals surface area (Å²) in [6, 6.07) is 9.06. The third-order valence-electron chi connectivity index (χ3n) is 2.97. The molecule has 0 aliphatic rings. The Hall–Kier alpha value is -1.10. The first-order valence-electron chi connectivity index (χ1n) is 5.77. The van der Waals surface area contributed by atoms with E-state index >= 15 is 0 Å². The number of nitrogens with zero attached hydrogens (tertiary/aromatic N) is 1. The third kappa shape index (κ3) is 3.26. The average Bonchev–Trinajstić information content (AvgIpc) is 2.31. The first-order valence-corrected chi connectivity index (χ1v) is 6.94. The van der Waals surface area contributed by atoms with Gasteiger partial charge in [-0.1, -0.05) is 39.7 Å². The molecule has 1 aromatic heterocycles. The van der Waals surface area contributed by atoms with Gasteiger partial charge in [0.15, 0.2) is 0 Å². The van der Waals surface area contributed by atoms with Crippen LogP contribution in [-0.2, 0) is 12.0 Å². The van der Waals surface area contributed by atoms with Crippen molar-refractivity contribution in [1.82, 2.24) is 4.98 Å². The number of aliphatic hydroxyl groups is 1. The lowest BCUT2D eigenvalue weighted by atomic mass is 9.89. The quantitative estimate of drug-likeness (QED) is 0.898. The number of pyridine rings is 1. The van der Waals surface area contributed by atoms with Gasteiger partial charge in [0.1, 0.15) is 5.82 Å². The van der Waals surface area contributed by atoms with Crippen LogP contribution >= 0.6 is 27.5 Å². The highest BCUT2D eigenvalue weighted by molar-refractivity contribution is 9.10. The van der Waals surface area contributed by atoms with Gasteiger partial charge in [0, 0.05) is 27.7 Å². The van der Waals surface area contributed by atoms with E-state index in [-0.39, 0.29) is 0 Å². The molecule has 0 aliphatic heterocycles. The normalized spacial score (nSPS) is 14.1. The monoisotopic (exact) mass is 340 g/mol. The fraction of sp³-hybridized carbons (Fsp3) is 0.214. The van der Waals surface area contributed by atoms with Gasteiger partial charge in [-0.2, -0.15) is 0 Å². The van der Waals surface area contributed by atoms with Crippen LogP contribution in [0.3, 0.4) is 0 Å². The van der Waals surface area contributed by atoms with Gasteiger partial charge in [-0.05, 0) is 30.7 Å². The maximum Gasteiger partial charge on any atom is 0.126 e. The van der Waals surface area contributed by atoms with Gasteiger partial charge >= 0.3 is 0 Å². The molecule has 2 aromatic rings. The summed E-state index contributed by atoms with van der Waals surface area (Å²) in [4.78, 5) is 4.02. The van der Waals surface area contributed by atoms with Gasteiger partial charge in [-0.15, -0.1) is 0 Å². The lowest BCUT2D eigenvalue weighted by molar-refractivity contribution is 0.0578. The van der Waals surface area contributed by atoms with Gasteiger partial charge in [-0.3, -0.25) is 0 Å². The maximum absolute atomic E-state index is 10.7. The summed E-state index contributed by atoms with van der Waals surface area (Å²) in [6.45, 7) is 1.72. The lowest BCUT2D eigenvalue weighted by Crippen LogP contribution is -2.25. The minimum absolute atomic E-state index is 0.355. The first kappa shape index (κ1) is 14.3. The van der Waals surface area contributed by atoms with Crippen LogP contribution in [0.15, 0.2) is 41.0 Å². The van der Waals surface area contributed by atoms with Crippen LogP contribution in [0.4, 0.5) is 5.82 Å². The summed E-state index contributed by atoms with van der Waals surface area (Å²) in [5, 5.41) is 11.2. The molecule has 0 fully saturated rings. The molecule has 3 N–H and O–H groups in total. The van der Waals surface area contributed by atoms with Crippen LogP contribution in [0, 0.1) is 0 Å². The van der Waals surface area contributed by atoms with Crippen molar-refractivity contribution in [1.29, 1.82) is 0 Å². The molecule has 3 nitrogen and oxygen atoms in total. The molecular weight excluding hydrogens is 328 g/mol. The molecular formula is C14H14BrClN2O. The van der Waals surface area contributed by atoms with Crippen LogP contribution in [0.2, 0.25) is 5.02 Å². The SMILES string of the molecule is CC(O)(Cc1cccnc1N)c1ccc(Br)cc1Cl. The van der Waals surface area contributed by atoms with Crippen LogP contribution in [-0.4, -0.2) is 10.1 Å². The molecule has 0 radical (unpaired) electrons. The molecule has 1 aromatic carbocycles. The molecule has 0 spiro atoms. The molecule has 19 heavy (non-hydrogen) atoms. The Bertz CT molecular complexity index is 602. The van der Waals surface area contributed by atoms with Crippen LogP contribution in [0.1, 0.15) is 18.1 Å². The number of hydrogen-bond donors (Lipinski definition) is 2. The Morgan fingerprint density at radius 3 is 2.79 bits per heavy atom. The number of rotatable bonds is 3. The highest BCUT2D eigenvalue weighted by Gasteiger charge is 2.27. The zero-order valence-corrected chi connectivity index (χ0v) is 12.7. The van der Waals surface area contributed by atoms with Gasteiger partial charge < -0.3 is 10.8 Å². The minimum Gasteiger partial charge on any atom is -0.385 e.